The lowest BCUT2D eigenvalue weighted by atomic mass is 9.76. The molecule has 194 valence electrons. The topological polar surface area (TPSA) is 120 Å². The summed E-state index contributed by atoms with van der Waals surface area (Å²) in [4.78, 5) is 23.7. The van der Waals surface area contributed by atoms with Gasteiger partial charge in [-0.05, 0) is 62.8 Å². The van der Waals surface area contributed by atoms with Gasteiger partial charge in [-0.3, -0.25) is 4.57 Å². The fraction of sp³-hybridized carbons (Fsp3) is 0.556. The molecule has 37 heavy (non-hydrogen) atoms. The highest BCUT2D eigenvalue weighted by atomic mass is 16.5. The number of nitrogens with two attached hydrogens (primary N) is 1. The van der Waals surface area contributed by atoms with Crippen molar-refractivity contribution in [3.8, 4) is 0 Å². The second-order valence-corrected chi connectivity index (χ2v) is 11.0. The molecule has 1 aromatic carbocycles. The van der Waals surface area contributed by atoms with E-state index in [4.69, 9.17) is 20.2 Å². The molecule has 2 atom stereocenters. The third-order valence-electron chi connectivity index (χ3n) is 8.56. The highest BCUT2D eigenvalue weighted by Crippen LogP contribution is 2.37. The Hall–Kier alpha value is -3.08. The van der Waals surface area contributed by atoms with E-state index in [9.17, 15) is 0 Å². The summed E-state index contributed by atoms with van der Waals surface area (Å²) in [6.45, 7) is 2.63. The molecule has 0 spiro atoms. The Morgan fingerprint density at radius 3 is 2.89 bits per heavy atom. The average Bonchev–Trinajstić information content (AvgIpc) is 3.55. The zero-order valence-corrected chi connectivity index (χ0v) is 21.2. The molecule has 2 aliphatic heterocycles. The van der Waals surface area contributed by atoms with Crippen LogP contribution in [0.4, 0.5) is 5.82 Å². The van der Waals surface area contributed by atoms with Gasteiger partial charge in [0, 0.05) is 24.9 Å². The van der Waals surface area contributed by atoms with Gasteiger partial charge in [0.2, 0.25) is 0 Å². The number of fused-ring (bicyclic) bond motifs is 2. The van der Waals surface area contributed by atoms with Crippen LogP contribution in [0.5, 0.6) is 0 Å². The molecule has 4 aromatic rings. The summed E-state index contributed by atoms with van der Waals surface area (Å²) in [5, 5.41) is 0. The number of H-pyrrole nitrogens is 1. The predicted molar refractivity (Wildman–Crippen MR) is 140 cm³/mol. The van der Waals surface area contributed by atoms with Gasteiger partial charge >= 0.3 is 0 Å². The summed E-state index contributed by atoms with van der Waals surface area (Å²) in [6.07, 6.45) is 10.1. The fourth-order valence-electron chi connectivity index (χ4n) is 6.09. The lowest BCUT2D eigenvalue weighted by Crippen LogP contribution is -2.45. The van der Waals surface area contributed by atoms with E-state index in [0.29, 0.717) is 23.3 Å². The maximum absolute atomic E-state index is 6.40. The van der Waals surface area contributed by atoms with Gasteiger partial charge in [0.15, 0.2) is 11.5 Å². The van der Waals surface area contributed by atoms with Crippen LogP contribution in [0.3, 0.4) is 0 Å². The minimum Gasteiger partial charge on any atom is -0.382 e. The molecule has 0 unspecified atom stereocenters. The van der Waals surface area contributed by atoms with Gasteiger partial charge in [-0.1, -0.05) is 6.07 Å². The molecule has 0 bridgehead atoms. The lowest BCUT2D eigenvalue weighted by Gasteiger charge is -2.42. The Bertz CT molecular complexity index is 1410. The molecule has 5 heterocycles. The van der Waals surface area contributed by atoms with Crippen LogP contribution in [-0.2, 0) is 15.9 Å². The number of imidazole rings is 2. The third kappa shape index (κ3) is 4.36. The van der Waals surface area contributed by atoms with E-state index in [-0.39, 0.29) is 12.3 Å². The lowest BCUT2D eigenvalue weighted by molar-refractivity contribution is -0.0240. The number of anilines is 1. The third-order valence-corrected chi connectivity index (χ3v) is 8.56. The highest BCUT2D eigenvalue weighted by molar-refractivity contribution is 5.81. The quantitative estimate of drug-likeness (QED) is 0.376. The van der Waals surface area contributed by atoms with Crippen LogP contribution >= 0.6 is 0 Å². The fourth-order valence-corrected chi connectivity index (χ4v) is 6.09. The summed E-state index contributed by atoms with van der Waals surface area (Å²) in [7, 11) is 2.24. The van der Waals surface area contributed by atoms with Crippen molar-refractivity contribution in [2.24, 2.45) is 5.92 Å². The number of aryl methyl sites for hydroxylation is 1. The molecular formula is C27H34N8O2. The molecule has 3 aliphatic rings. The normalized spacial score (nSPS) is 26.2. The van der Waals surface area contributed by atoms with Crippen LogP contribution < -0.4 is 5.73 Å². The number of ether oxygens (including phenoxy) is 2. The van der Waals surface area contributed by atoms with Gasteiger partial charge < -0.3 is 25.1 Å². The van der Waals surface area contributed by atoms with Crippen molar-refractivity contribution < 1.29 is 9.47 Å². The number of nitrogens with one attached hydrogen (secondary N) is 1. The summed E-state index contributed by atoms with van der Waals surface area (Å²) < 4.78 is 13.7. The standard InChI is InChI=1S/C27H34N8O2/c1-34(11-20-4-7-24(37-20)35-15-31-25-26(28)29-14-30-27(25)35)19-8-16(9-19)2-6-23-32-21-5-3-17(10-22(21)33-23)18-12-36-13-18/h3,5,10,14-16,18-20,24H,2,4,6-9,11-13H2,1H3,(H,32,33)(H2,28,29,30)/t16?,19?,20-,24+/m0/s1. The molecule has 1 saturated carbocycles. The first-order chi connectivity index (χ1) is 18.1. The van der Waals surface area contributed by atoms with Crippen molar-refractivity contribution in [2.45, 2.75) is 62.8 Å². The number of rotatable bonds is 8. The first kappa shape index (κ1) is 23.1. The number of nitrogen functional groups attached to an aromatic ring is 1. The summed E-state index contributed by atoms with van der Waals surface area (Å²) in [5.74, 6) is 2.83. The molecule has 0 radical (unpaired) electrons. The minimum atomic E-state index is -0.0474. The number of aromatic amines is 1. The zero-order chi connectivity index (χ0) is 24.9. The van der Waals surface area contributed by atoms with Crippen molar-refractivity contribution in [2.75, 3.05) is 32.5 Å². The van der Waals surface area contributed by atoms with Crippen molar-refractivity contribution in [1.29, 1.82) is 0 Å². The molecule has 0 amide bonds. The van der Waals surface area contributed by atoms with E-state index in [1.54, 1.807) is 6.33 Å². The second-order valence-electron chi connectivity index (χ2n) is 11.0. The summed E-state index contributed by atoms with van der Waals surface area (Å²) in [5.41, 5.74) is 10.9. The van der Waals surface area contributed by atoms with Gasteiger partial charge in [-0.2, -0.15) is 0 Å². The molecular weight excluding hydrogens is 468 g/mol. The summed E-state index contributed by atoms with van der Waals surface area (Å²) in [6, 6.07) is 7.23. The number of aromatic nitrogens is 6. The number of benzene rings is 1. The van der Waals surface area contributed by atoms with Crippen molar-refractivity contribution in [1.82, 2.24) is 34.4 Å². The molecule has 2 saturated heterocycles. The molecule has 3 N–H and O–H groups in total. The Morgan fingerprint density at radius 2 is 2.05 bits per heavy atom. The number of hydrogen-bond donors (Lipinski definition) is 2. The molecule has 1 aliphatic carbocycles. The van der Waals surface area contributed by atoms with E-state index < -0.39 is 0 Å². The first-order valence-electron chi connectivity index (χ1n) is 13.5. The molecule has 10 heteroatoms. The Kier molecular flexibility index (Phi) is 5.82. The van der Waals surface area contributed by atoms with Gasteiger partial charge in [-0.25, -0.2) is 19.9 Å². The van der Waals surface area contributed by atoms with Crippen LogP contribution in [0.15, 0.2) is 30.9 Å². The second kappa shape index (κ2) is 9.34. The largest absolute Gasteiger partial charge is 0.382 e. The van der Waals surface area contributed by atoms with E-state index in [1.807, 2.05) is 4.57 Å². The molecule has 3 fully saturated rings. The maximum atomic E-state index is 6.40. The Balaban J connectivity index is 0.880. The maximum Gasteiger partial charge on any atom is 0.167 e. The SMILES string of the molecule is CN(C[C@@H]1CC[C@H](n2cnc3c(N)ncnc32)O1)C1CC(CCc2nc3ccc(C4COC4)cc3[nH]2)C1. The van der Waals surface area contributed by atoms with Crippen molar-refractivity contribution in [3.63, 3.8) is 0 Å². The number of nitrogens with zero attached hydrogens (tertiary/aromatic N) is 6. The zero-order valence-electron chi connectivity index (χ0n) is 21.2. The van der Waals surface area contributed by atoms with E-state index in [1.165, 1.54) is 31.2 Å². The van der Waals surface area contributed by atoms with Crippen LogP contribution in [-0.4, -0.2) is 73.3 Å². The van der Waals surface area contributed by atoms with Gasteiger partial charge in [-0.15, -0.1) is 0 Å². The van der Waals surface area contributed by atoms with E-state index in [0.717, 1.165) is 67.4 Å². The molecule has 3 aromatic heterocycles. The minimum absolute atomic E-state index is 0.0474. The number of likely N-dealkylation sites (N-methyl/N-ethyl adjacent to an activating group) is 1. The van der Waals surface area contributed by atoms with Crippen LogP contribution in [0.25, 0.3) is 22.2 Å². The number of hydrogen-bond acceptors (Lipinski definition) is 8. The smallest absolute Gasteiger partial charge is 0.167 e. The van der Waals surface area contributed by atoms with Gasteiger partial charge in [0.05, 0.1) is 36.7 Å². The van der Waals surface area contributed by atoms with E-state index in [2.05, 4.69) is 50.1 Å². The Morgan fingerprint density at radius 1 is 1.16 bits per heavy atom. The predicted octanol–water partition coefficient (Wildman–Crippen LogP) is 3.42. The van der Waals surface area contributed by atoms with Crippen LogP contribution in [0.2, 0.25) is 0 Å². The Labute approximate surface area is 215 Å². The van der Waals surface area contributed by atoms with Crippen molar-refractivity contribution >= 4 is 28.0 Å². The van der Waals surface area contributed by atoms with Crippen LogP contribution in [0.1, 0.15) is 55.6 Å². The summed E-state index contributed by atoms with van der Waals surface area (Å²) >= 11 is 0. The van der Waals surface area contributed by atoms with Gasteiger partial charge in [0.1, 0.15) is 23.9 Å². The van der Waals surface area contributed by atoms with Crippen molar-refractivity contribution in [3.05, 3.63) is 42.2 Å². The monoisotopic (exact) mass is 502 g/mol. The van der Waals surface area contributed by atoms with Gasteiger partial charge in [0.25, 0.3) is 0 Å². The van der Waals surface area contributed by atoms with Crippen LogP contribution in [0, 0.1) is 5.92 Å². The highest BCUT2D eigenvalue weighted by Gasteiger charge is 2.35. The van der Waals surface area contributed by atoms with E-state index >= 15 is 0 Å². The molecule has 10 nitrogen and oxygen atoms in total. The average molecular weight is 503 g/mol. The molecule has 7 rings (SSSR count). The first-order valence-corrected chi connectivity index (χ1v) is 13.5.